The van der Waals surface area contributed by atoms with Gasteiger partial charge in [0.1, 0.15) is 5.82 Å². The Kier molecular flexibility index (Phi) is 5.23. The Morgan fingerprint density at radius 3 is 2.55 bits per heavy atom. The molecule has 1 aromatic heterocycles. The van der Waals surface area contributed by atoms with Crippen LogP contribution in [0.3, 0.4) is 0 Å². The molecule has 2 atom stereocenters. The van der Waals surface area contributed by atoms with Crippen LogP contribution in [0.1, 0.15) is 29.6 Å². The third-order valence-electron chi connectivity index (χ3n) is 5.29. The zero-order valence-corrected chi connectivity index (χ0v) is 16.8. The van der Waals surface area contributed by atoms with Gasteiger partial charge in [-0.15, -0.1) is 0 Å². The van der Waals surface area contributed by atoms with E-state index in [0.717, 1.165) is 4.68 Å². The highest BCUT2D eigenvalue weighted by atomic mass is 19.4. The minimum Gasteiger partial charge on any atom is -0.493 e. The molecule has 0 saturated heterocycles. The average Bonchev–Trinajstić information content (AvgIpc) is 3.21. The van der Waals surface area contributed by atoms with Crippen LogP contribution in [0.25, 0.3) is 11.3 Å². The zero-order chi connectivity index (χ0) is 22.2. The molecule has 31 heavy (non-hydrogen) atoms. The normalized spacial score (nSPS) is 17.9. The summed E-state index contributed by atoms with van der Waals surface area (Å²) in [6, 6.07) is 12.9. The van der Waals surface area contributed by atoms with Crippen molar-refractivity contribution in [3.05, 3.63) is 59.7 Å². The van der Waals surface area contributed by atoms with Crippen molar-refractivity contribution >= 4 is 5.82 Å². The van der Waals surface area contributed by atoms with E-state index in [1.807, 2.05) is 6.07 Å². The molecular formula is C22H19F3N4O2. The number of anilines is 1. The number of nitrogens with one attached hydrogen (secondary N) is 1. The van der Waals surface area contributed by atoms with Gasteiger partial charge in [-0.2, -0.15) is 23.5 Å². The van der Waals surface area contributed by atoms with Crippen molar-refractivity contribution in [2.45, 2.75) is 24.7 Å². The largest absolute Gasteiger partial charge is 0.493 e. The summed E-state index contributed by atoms with van der Waals surface area (Å²) in [6.45, 7) is 0. The highest BCUT2D eigenvalue weighted by Gasteiger charge is 2.46. The Labute approximate surface area is 176 Å². The minimum atomic E-state index is -4.48. The lowest BCUT2D eigenvalue weighted by Crippen LogP contribution is -2.35. The Balaban J connectivity index is 1.75. The van der Waals surface area contributed by atoms with Crippen LogP contribution in [-0.2, 0) is 0 Å². The van der Waals surface area contributed by atoms with Crippen LogP contribution in [-0.4, -0.2) is 30.2 Å². The van der Waals surface area contributed by atoms with Gasteiger partial charge < -0.3 is 14.8 Å². The summed E-state index contributed by atoms with van der Waals surface area (Å²) in [4.78, 5) is 0. The molecule has 4 rings (SSSR count). The predicted molar refractivity (Wildman–Crippen MR) is 108 cm³/mol. The molecule has 2 unspecified atom stereocenters. The molecule has 0 spiro atoms. The maximum Gasteiger partial charge on any atom is 0.410 e. The molecular weight excluding hydrogens is 409 g/mol. The summed E-state index contributed by atoms with van der Waals surface area (Å²) in [5.41, 5.74) is 1.99. The number of methoxy groups -OCH3 is 2. The van der Waals surface area contributed by atoms with Crippen LogP contribution in [0.15, 0.2) is 48.5 Å². The number of benzene rings is 2. The molecule has 0 radical (unpaired) electrons. The fourth-order valence-electron chi connectivity index (χ4n) is 3.75. The molecule has 0 saturated carbocycles. The number of aromatic nitrogens is 2. The second kappa shape index (κ2) is 7.87. The van der Waals surface area contributed by atoms with Crippen LogP contribution in [0.4, 0.5) is 19.0 Å². The first-order valence-corrected chi connectivity index (χ1v) is 9.49. The number of rotatable bonds is 4. The molecule has 6 nitrogen and oxygen atoms in total. The maximum atomic E-state index is 13.9. The summed E-state index contributed by atoms with van der Waals surface area (Å²) in [6.07, 6.45) is -4.71. The number of halogens is 3. The lowest BCUT2D eigenvalue weighted by atomic mass is 9.96. The third-order valence-corrected chi connectivity index (χ3v) is 5.29. The van der Waals surface area contributed by atoms with Crippen LogP contribution >= 0.6 is 0 Å². The SMILES string of the molecule is COc1ccc(C2CC(C(F)(F)F)n3nc(-c4cccc(C#N)c4)cc3N2)cc1OC. The van der Waals surface area contributed by atoms with Crippen molar-refractivity contribution < 1.29 is 22.6 Å². The number of ether oxygens (including phenoxy) is 2. The van der Waals surface area contributed by atoms with Crippen molar-refractivity contribution in [1.82, 2.24) is 9.78 Å². The average molecular weight is 428 g/mol. The lowest BCUT2D eigenvalue weighted by Gasteiger charge is -2.33. The molecule has 0 amide bonds. The van der Waals surface area contributed by atoms with Crippen LogP contribution in [0.5, 0.6) is 11.5 Å². The first-order valence-electron chi connectivity index (χ1n) is 9.49. The number of fused-ring (bicyclic) bond motifs is 1. The van der Waals surface area contributed by atoms with Gasteiger partial charge in [0.05, 0.1) is 37.6 Å². The lowest BCUT2D eigenvalue weighted by molar-refractivity contribution is -0.173. The number of nitriles is 1. The number of hydrogen-bond donors (Lipinski definition) is 1. The summed E-state index contributed by atoms with van der Waals surface area (Å²) in [7, 11) is 2.97. The van der Waals surface area contributed by atoms with Gasteiger partial charge in [-0.25, -0.2) is 4.68 Å². The summed E-state index contributed by atoms with van der Waals surface area (Å²) >= 11 is 0. The Morgan fingerprint density at radius 1 is 1.10 bits per heavy atom. The first-order chi connectivity index (χ1) is 14.8. The maximum absolute atomic E-state index is 13.9. The van der Waals surface area contributed by atoms with Gasteiger partial charge in [-0.05, 0) is 29.8 Å². The molecule has 3 aromatic rings. The van der Waals surface area contributed by atoms with E-state index in [1.54, 1.807) is 48.5 Å². The summed E-state index contributed by atoms with van der Waals surface area (Å²) in [5, 5.41) is 16.5. The second-order valence-electron chi connectivity index (χ2n) is 7.16. The van der Waals surface area contributed by atoms with Crippen molar-refractivity contribution in [3.63, 3.8) is 0 Å². The fraction of sp³-hybridized carbons (Fsp3) is 0.273. The molecule has 1 aliphatic heterocycles. The topological polar surface area (TPSA) is 72.1 Å². The van der Waals surface area contributed by atoms with Crippen molar-refractivity contribution in [2.75, 3.05) is 19.5 Å². The van der Waals surface area contributed by atoms with E-state index in [2.05, 4.69) is 10.4 Å². The quantitative estimate of drug-likeness (QED) is 0.626. The molecule has 9 heteroatoms. The molecule has 2 heterocycles. The Morgan fingerprint density at radius 2 is 1.87 bits per heavy atom. The molecule has 2 aromatic carbocycles. The molecule has 1 aliphatic rings. The van der Waals surface area contributed by atoms with E-state index in [1.165, 1.54) is 14.2 Å². The third kappa shape index (κ3) is 3.89. The van der Waals surface area contributed by atoms with E-state index in [-0.39, 0.29) is 12.2 Å². The van der Waals surface area contributed by atoms with Crippen molar-refractivity contribution in [3.8, 4) is 28.8 Å². The van der Waals surface area contributed by atoms with Crippen LogP contribution in [0.2, 0.25) is 0 Å². The summed E-state index contributed by atoms with van der Waals surface area (Å²) < 4.78 is 53.3. The smallest absolute Gasteiger partial charge is 0.410 e. The monoisotopic (exact) mass is 428 g/mol. The van der Waals surface area contributed by atoms with E-state index in [9.17, 15) is 13.2 Å². The van der Waals surface area contributed by atoms with Gasteiger partial charge in [-0.3, -0.25) is 0 Å². The van der Waals surface area contributed by atoms with Gasteiger partial charge in [0.25, 0.3) is 0 Å². The molecule has 1 N–H and O–H groups in total. The van der Waals surface area contributed by atoms with Crippen molar-refractivity contribution in [2.24, 2.45) is 0 Å². The van der Waals surface area contributed by atoms with Gasteiger partial charge in [-0.1, -0.05) is 18.2 Å². The standard InChI is InChI=1S/C22H19F3N4O2/c1-30-18-7-6-15(9-19(18)31-2)16-10-20(22(23,24)25)29-21(27-16)11-17(28-29)14-5-3-4-13(8-14)12-26/h3-9,11,16,20,27H,10H2,1-2H3. The number of hydrogen-bond acceptors (Lipinski definition) is 5. The van der Waals surface area contributed by atoms with Gasteiger partial charge in [0.2, 0.25) is 0 Å². The van der Waals surface area contributed by atoms with Crippen molar-refractivity contribution in [1.29, 1.82) is 5.26 Å². The van der Waals surface area contributed by atoms with Crippen LogP contribution < -0.4 is 14.8 Å². The summed E-state index contributed by atoms with van der Waals surface area (Å²) in [5.74, 6) is 1.20. The zero-order valence-electron chi connectivity index (χ0n) is 16.8. The Bertz CT molecular complexity index is 1150. The second-order valence-corrected chi connectivity index (χ2v) is 7.16. The molecule has 160 valence electrons. The number of nitrogens with zero attached hydrogens (tertiary/aromatic N) is 3. The molecule has 0 aliphatic carbocycles. The van der Waals surface area contributed by atoms with E-state index in [0.29, 0.717) is 33.9 Å². The highest BCUT2D eigenvalue weighted by molar-refractivity contribution is 5.65. The van der Waals surface area contributed by atoms with Crippen LogP contribution in [0, 0.1) is 11.3 Å². The molecule has 0 fully saturated rings. The molecule has 0 bridgehead atoms. The first kappa shape index (κ1) is 20.6. The fourth-order valence-corrected chi connectivity index (χ4v) is 3.75. The van der Waals surface area contributed by atoms with Gasteiger partial charge in [0, 0.05) is 18.1 Å². The highest BCUT2D eigenvalue weighted by Crippen LogP contribution is 2.45. The predicted octanol–water partition coefficient (Wildman–Crippen LogP) is 5.10. The van der Waals surface area contributed by atoms with E-state index >= 15 is 0 Å². The minimum absolute atomic E-state index is 0.231. The van der Waals surface area contributed by atoms with E-state index < -0.39 is 18.3 Å². The van der Waals surface area contributed by atoms with Gasteiger partial charge in [0.15, 0.2) is 17.5 Å². The van der Waals surface area contributed by atoms with E-state index in [4.69, 9.17) is 14.7 Å². The van der Waals surface area contributed by atoms with Gasteiger partial charge >= 0.3 is 6.18 Å². The number of alkyl halides is 3. The Hall–Kier alpha value is -3.67.